The molecule has 2 aliphatic rings. The van der Waals surface area contributed by atoms with E-state index < -0.39 is 0 Å². The van der Waals surface area contributed by atoms with E-state index in [1.165, 1.54) is 136 Å². The summed E-state index contributed by atoms with van der Waals surface area (Å²) < 4.78 is 12.4. The Morgan fingerprint density at radius 3 is 1.46 bits per heavy atom. The van der Waals surface area contributed by atoms with E-state index in [1.54, 1.807) is 0 Å². The largest absolute Gasteiger partial charge is 0.458 e. The number of unbranched alkanes of at least 4 members (excludes halogenated alkanes) is 1. The molecular formula is C73H64BN3O. The van der Waals surface area contributed by atoms with Crippen molar-refractivity contribution in [2.45, 2.75) is 78.6 Å². The lowest BCUT2D eigenvalue weighted by Gasteiger charge is -2.42. The van der Waals surface area contributed by atoms with E-state index in [9.17, 15) is 0 Å². The molecule has 0 aliphatic carbocycles. The predicted molar refractivity (Wildman–Crippen MR) is 332 cm³/mol. The van der Waals surface area contributed by atoms with Crippen molar-refractivity contribution in [2.75, 3.05) is 4.90 Å². The molecule has 4 heterocycles. The van der Waals surface area contributed by atoms with Crippen molar-refractivity contribution >= 4 is 83.8 Å². The van der Waals surface area contributed by atoms with Crippen LogP contribution in [0, 0.1) is 5.92 Å². The van der Waals surface area contributed by atoms with Gasteiger partial charge in [0.2, 0.25) is 0 Å². The number of aromatic nitrogens is 2. The first kappa shape index (κ1) is 47.9. The van der Waals surface area contributed by atoms with Crippen LogP contribution in [0.25, 0.3) is 77.2 Å². The number of nitrogens with zero attached hydrogens (tertiary/aromatic N) is 3. The number of hydrogen-bond acceptors (Lipinski definition) is 2. The number of ether oxygens (including phenoxy) is 1. The molecule has 0 atom stereocenters. The third kappa shape index (κ3) is 7.88. The molecule has 380 valence electrons. The van der Waals surface area contributed by atoms with Crippen molar-refractivity contribution in [3.8, 4) is 45.1 Å². The van der Waals surface area contributed by atoms with Gasteiger partial charge in [-0.15, -0.1) is 0 Å². The molecule has 0 bridgehead atoms. The quantitative estimate of drug-likeness (QED) is 0.0899. The van der Waals surface area contributed by atoms with Gasteiger partial charge in [-0.25, -0.2) is 0 Å². The molecule has 78 heavy (non-hydrogen) atoms. The lowest BCUT2D eigenvalue weighted by Crippen LogP contribution is -2.59. The maximum Gasteiger partial charge on any atom is 0.256 e. The fourth-order valence-electron chi connectivity index (χ4n) is 13.3. The number of aryl methyl sites for hydroxylation is 1. The first-order valence-electron chi connectivity index (χ1n) is 28.4. The summed E-state index contributed by atoms with van der Waals surface area (Å²) >= 11 is 0. The van der Waals surface area contributed by atoms with Crippen LogP contribution in [0.5, 0.6) is 11.5 Å². The highest BCUT2D eigenvalue weighted by atomic mass is 16.5. The number of benzene rings is 10. The molecule has 4 nitrogen and oxygen atoms in total. The molecule has 0 N–H and O–H groups in total. The maximum atomic E-state index is 7.53. The number of rotatable bonds is 12. The monoisotopic (exact) mass is 1010 g/mol. The Labute approximate surface area is 459 Å². The molecule has 0 fully saturated rings. The van der Waals surface area contributed by atoms with Crippen LogP contribution in [0.2, 0.25) is 0 Å². The zero-order valence-corrected chi connectivity index (χ0v) is 45.4. The van der Waals surface area contributed by atoms with Crippen LogP contribution in [0.3, 0.4) is 0 Å². The molecule has 5 heteroatoms. The average Bonchev–Trinajstić information content (AvgIpc) is 4.08. The van der Waals surface area contributed by atoms with Crippen LogP contribution >= 0.6 is 0 Å². The number of para-hydroxylation sites is 4. The predicted octanol–water partition coefficient (Wildman–Crippen LogP) is 18.1. The van der Waals surface area contributed by atoms with Crippen LogP contribution < -0.4 is 26.0 Å². The smallest absolute Gasteiger partial charge is 0.256 e. The molecule has 0 amide bonds. The average molecular weight is 1010 g/mol. The van der Waals surface area contributed by atoms with Gasteiger partial charge in [-0.3, -0.25) is 0 Å². The first-order chi connectivity index (χ1) is 38.2. The van der Waals surface area contributed by atoms with Gasteiger partial charge in [-0.05, 0) is 130 Å². The Balaban J connectivity index is 1.07. The Bertz CT molecular complexity index is 4100. The van der Waals surface area contributed by atoms with Crippen molar-refractivity contribution in [2.24, 2.45) is 5.92 Å². The topological polar surface area (TPSA) is 22.3 Å². The highest BCUT2D eigenvalue weighted by Crippen LogP contribution is 2.51. The number of fused-ring (bicyclic) bond motifs is 10. The van der Waals surface area contributed by atoms with Crippen molar-refractivity contribution in [1.29, 1.82) is 0 Å². The highest BCUT2D eigenvalue weighted by Gasteiger charge is 2.44. The second kappa shape index (κ2) is 19.2. The molecule has 10 aromatic carbocycles. The minimum atomic E-state index is -0.122. The number of hydrogen-bond donors (Lipinski definition) is 0. The molecule has 2 aliphatic heterocycles. The van der Waals surface area contributed by atoms with Gasteiger partial charge in [0.25, 0.3) is 6.71 Å². The van der Waals surface area contributed by atoms with Gasteiger partial charge in [0.15, 0.2) is 0 Å². The Morgan fingerprint density at radius 2 is 0.949 bits per heavy atom. The highest BCUT2D eigenvalue weighted by molar-refractivity contribution is 6.99. The van der Waals surface area contributed by atoms with Crippen molar-refractivity contribution < 1.29 is 4.74 Å². The van der Waals surface area contributed by atoms with Crippen LogP contribution in [-0.2, 0) is 11.8 Å². The van der Waals surface area contributed by atoms with E-state index in [2.05, 4.69) is 267 Å². The molecule has 0 unspecified atom stereocenters. The van der Waals surface area contributed by atoms with Gasteiger partial charge in [-0.1, -0.05) is 206 Å². The summed E-state index contributed by atoms with van der Waals surface area (Å²) in [6.07, 6.45) is 7.01. The fourth-order valence-corrected chi connectivity index (χ4v) is 13.3. The first-order valence-corrected chi connectivity index (χ1v) is 28.4. The number of anilines is 3. The van der Waals surface area contributed by atoms with Gasteiger partial charge in [-0.2, -0.15) is 0 Å². The zero-order chi connectivity index (χ0) is 52.6. The third-order valence-electron chi connectivity index (χ3n) is 17.3. The van der Waals surface area contributed by atoms with Crippen LogP contribution in [-0.4, -0.2) is 15.8 Å². The van der Waals surface area contributed by atoms with E-state index in [0.29, 0.717) is 0 Å². The summed E-state index contributed by atoms with van der Waals surface area (Å²) in [5.74, 6) is 2.60. The molecule has 2 aromatic heterocycles. The Morgan fingerprint density at radius 1 is 0.462 bits per heavy atom. The minimum Gasteiger partial charge on any atom is -0.458 e. The molecule has 0 spiro atoms. The van der Waals surface area contributed by atoms with Crippen molar-refractivity contribution in [3.63, 3.8) is 0 Å². The standard InChI is InChI=1S/C73H64BN3O/c1-6-48(7-2)24-14-15-25-49-42-68-71-70(43-49)78-69-47-54(76-65-36-22-18-32-57(65)58-33-19-23-37-66(58)76)39-41-62(69)74(71)61-40-38-53(75-63-34-20-16-30-55(63)56-31-17-21-35-64(56)75)46-67(61)77(68)72-59(50-26-10-8-11-27-50)44-52(73(3,4)5)45-60(72)51-28-12-9-13-29-51/h8-13,16-23,26-48H,6-7,14-15,24-25H2,1-5H3. The molecule has 0 radical (unpaired) electrons. The lowest BCUT2D eigenvalue weighted by molar-refractivity contribution is 0.434. The summed E-state index contributed by atoms with van der Waals surface area (Å²) in [6, 6.07) is 81.8. The van der Waals surface area contributed by atoms with Crippen LogP contribution in [0.1, 0.15) is 77.8 Å². The van der Waals surface area contributed by atoms with Gasteiger partial charge < -0.3 is 18.8 Å². The fraction of sp³-hybridized carbons (Fsp3) is 0.178. The summed E-state index contributed by atoms with van der Waals surface area (Å²) in [7, 11) is 0. The van der Waals surface area contributed by atoms with E-state index in [0.717, 1.165) is 41.6 Å². The normalized spacial score (nSPS) is 12.9. The zero-order valence-electron chi connectivity index (χ0n) is 45.4. The van der Waals surface area contributed by atoms with Gasteiger partial charge in [0.05, 0.1) is 27.8 Å². The van der Waals surface area contributed by atoms with Gasteiger partial charge in [0.1, 0.15) is 11.5 Å². The molecule has 14 rings (SSSR count). The van der Waals surface area contributed by atoms with Crippen molar-refractivity contribution in [1.82, 2.24) is 9.13 Å². The molecule has 0 saturated heterocycles. The summed E-state index contributed by atoms with van der Waals surface area (Å²) in [4.78, 5) is 2.66. The molecule has 0 saturated carbocycles. The van der Waals surface area contributed by atoms with Gasteiger partial charge in [0, 0.05) is 61.5 Å². The summed E-state index contributed by atoms with van der Waals surface area (Å²) in [5, 5.41) is 4.99. The van der Waals surface area contributed by atoms with Crippen LogP contribution in [0.15, 0.2) is 218 Å². The second-order valence-electron chi connectivity index (χ2n) is 22.9. The van der Waals surface area contributed by atoms with Crippen LogP contribution in [0.4, 0.5) is 17.1 Å². The van der Waals surface area contributed by atoms with Crippen molar-refractivity contribution in [3.05, 3.63) is 230 Å². The third-order valence-corrected chi connectivity index (χ3v) is 17.3. The minimum absolute atomic E-state index is 0.109. The maximum absolute atomic E-state index is 7.53. The van der Waals surface area contributed by atoms with E-state index >= 15 is 0 Å². The van der Waals surface area contributed by atoms with E-state index in [4.69, 9.17) is 4.74 Å². The lowest BCUT2D eigenvalue weighted by atomic mass is 9.34. The summed E-state index contributed by atoms with van der Waals surface area (Å²) in [5.41, 5.74) is 21.4. The SMILES string of the molecule is CCC(CC)CCCCc1cc2c3c(c1)N(c1c(-c4ccccc4)cc(C(C)(C)C)cc1-c1ccccc1)c1cc(-n4c5ccccc5c5ccccc54)ccc1B3c1ccc(-n3c4ccccc4c4ccccc43)cc1O2. The summed E-state index contributed by atoms with van der Waals surface area (Å²) in [6.45, 7) is 11.6. The van der Waals surface area contributed by atoms with E-state index in [-0.39, 0.29) is 12.1 Å². The van der Waals surface area contributed by atoms with E-state index in [1.807, 2.05) is 0 Å². The molecule has 12 aromatic rings. The Hall–Kier alpha value is -8.54. The Kier molecular flexibility index (Phi) is 11.8. The van der Waals surface area contributed by atoms with Gasteiger partial charge >= 0.3 is 0 Å². The second-order valence-corrected chi connectivity index (χ2v) is 22.9. The molecular weight excluding hydrogens is 946 g/mol.